The highest BCUT2D eigenvalue weighted by atomic mass is 79.9. The number of carbonyl (C=O) groups excluding carboxylic acids is 4. The summed E-state index contributed by atoms with van der Waals surface area (Å²) in [5.74, 6) is -1.25. The zero-order valence-electron chi connectivity index (χ0n) is 20.4. The van der Waals surface area contributed by atoms with Gasteiger partial charge in [0.2, 0.25) is 5.91 Å². The molecule has 3 aromatic carbocycles. The molecule has 0 saturated carbocycles. The van der Waals surface area contributed by atoms with Gasteiger partial charge in [0.15, 0.2) is 5.78 Å². The molecule has 3 N–H and O–H groups in total. The molecule has 8 nitrogen and oxygen atoms in total. The maximum absolute atomic E-state index is 12.9. The van der Waals surface area contributed by atoms with Crippen molar-refractivity contribution in [2.75, 3.05) is 13.1 Å². The lowest BCUT2D eigenvalue weighted by Crippen LogP contribution is -2.48. The van der Waals surface area contributed by atoms with Crippen LogP contribution in [0.15, 0.2) is 83.3 Å². The first kappa shape index (κ1) is 28.9. The summed E-state index contributed by atoms with van der Waals surface area (Å²) in [7, 11) is 0. The average Bonchev–Trinajstić information content (AvgIpc) is 2.92. The van der Waals surface area contributed by atoms with Crippen LogP contribution in [0.1, 0.15) is 39.1 Å². The largest absolute Gasteiger partial charge is 0.445 e. The van der Waals surface area contributed by atoms with E-state index in [4.69, 9.17) is 16.3 Å². The molecule has 0 heterocycles. The van der Waals surface area contributed by atoms with Crippen LogP contribution in [-0.4, -0.2) is 42.8 Å². The van der Waals surface area contributed by atoms with Gasteiger partial charge in [-0.2, -0.15) is 0 Å². The molecule has 0 aliphatic carbocycles. The lowest BCUT2D eigenvalue weighted by molar-refractivity contribution is -0.123. The van der Waals surface area contributed by atoms with Crippen LogP contribution >= 0.6 is 27.5 Å². The zero-order chi connectivity index (χ0) is 27.3. The number of nitrogens with one attached hydrogen (secondary N) is 3. The standard InChI is InChI=1S/C28H27BrClN3O5/c29-22-9-4-8-21(16-22)26(35)33-24(27(36)32-17-25(34)20-11-13-23(30)14-12-20)10-5-15-31-28(37)38-18-19-6-2-1-3-7-19/h1-4,6-9,11-14,16,24H,5,10,15,17-18H2,(H,31,37)(H,32,36)(H,33,35)/t24-/m0/s1. The van der Waals surface area contributed by atoms with Gasteiger partial charge >= 0.3 is 6.09 Å². The minimum atomic E-state index is -0.929. The third-order valence-corrected chi connectivity index (χ3v) is 6.19. The molecular weight excluding hydrogens is 574 g/mol. The van der Waals surface area contributed by atoms with Crippen molar-refractivity contribution in [1.29, 1.82) is 0 Å². The number of carbonyl (C=O) groups is 4. The summed E-state index contributed by atoms with van der Waals surface area (Å²) in [5, 5.41) is 8.45. The Labute approximate surface area is 234 Å². The Morgan fingerprint density at radius 2 is 1.61 bits per heavy atom. The van der Waals surface area contributed by atoms with Gasteiger partial charge in [0.05, 0.1) is 6.54 Å². The molecule has 0 radical (unpaired) electrons. The lowest BCUT2D eigenvalue weighted by Gasteiger charge is -2.19. The fourth-order valence-electron chi connectivity index (χ4n) is 3.44. The molecule has 1 atom stereocenters. The first-order valence-corrected chi connectivity index (χ1v) is 13.1. The molecule has 0 aromatic heterocycles. The summed E-state index contributed by atoms with van der Waals surface area (Å²) in [4.78, 5) is 50.2. The number of ketones is 1. The molecule has 0 saturated heterocycles. The van der Waals surface area contributed by atoms with Gasteiger partial charge in [-0.1, -0.05) is 63.9 Å². The Kier molecular flexibility index (Phi) is 11.3. The summed E-state index contributed by atoms with van der Waals surface area (Å²) in [6.07, 6.45) is 0.0174. The van der Waals surface area contributed by atoms with Gasteiger partial charge in [0.25, 0.3) is 5.91 Å². The van der Waals surface area contributed by atoms with Gasteiger partial charge in [0.1, 0.15) is 12.6 Å². The van der Waals surface area contributed by atoms with Gasteiger partial charge in [-0.05, 0) is 60.9 Å². The number of ether oxygens (including phenoxy) is 1. The van der Waals surface area contributed by atoms with Crippen LogP contribution in [0.5, 0.6) is 0 Å². The van der Waals surface area contributed by atoms with Crippen molar-refractivity contribution in [3.8, 4) is 0 Å². The molecule has 3 amide bonds. The monoisotopic (exact) mass is 599 g/mol. The second-order valence-electron chi connectivity index (χ2n) is 8.32. The van der Waals surface area contributed by atoms with Gasteiger partial charge < -0.3 is 20.7 Å². The maximum Gasteiger partial charge on any atom is 0.407 e. The molecule has 0 unspecified atom stereocenters. The van der Waals surface area contributed by atoms with Crippen LogP contribution in [0, 0.1) is 0 Å². The van der Waals surface area contributed by atoms with E-state index in [1.54, 1.807) is 48.5 Å². The topological polar surface area (TPSA) is 114 Å². The molecule has 0 aliphatic heterocycles. The zero-order valence-corrected chi connectivity index (χ0v) is 22.8. The van der Waals surface area contributed by atoms with Crippen LogP contribution in [0.25, 0.3) is 0 Å². The predicted molar refractivity (Wildman–Crippen MR) is 148 cm³/mol. The summed E-state index contributed by atoms with van der Waals surface area (Å²) in [6, 6.07) is 21.5. The number of alkyl carbamates (subject to hydrolysis) is 1. The average molecular weight is 601 g/mol. The summed E-state index contributed by atoms with van der Waals surface area (Å²) < 4.78 is 5.90. The van der Waals surface area contributed by atoms with Gasteiger partial charge in [-0.25, -0.2) is 4.79 Å². The van der Waals surface area contributed by atoms with Crippen molar-refractivity contribution >= 4 is 51.2 Å². The number of benzene rings is 3. The van der Waals surface area contributed by atoms with Crippen molar-refractivity contribution in [3.05, 3.63) is 105 Å². The van der Waals surface area contributed by atoms with Crippen molar-refractivity contribution in [2.24, 2.45) is 0 Å². The predicted octanol–water partition coefficient (Wildman–Crippen LogP) is 4.91. The van der Waals surface area contributed by atoms with Crippen molar-refractivity contribution in [2.45, 2.75) is 25.5 Å². The SMILES string of the molecule is O=C(NCCC[C@H](NC(=O)c1cccc(Br)c1)C(=O)NCC(=O)c1ccc(Cl)cc1)OCc1ccccc1. The highest BCUT2D eigenvalue weighted by molar-refractivity contribution is 9.10. The molecule has 38 heavy (non-hydrogen) atoms. The number of halogens is 2. The first-order chi connectivity index (χ1) is 18.3. The molecule has 0 aliphatic rings. The third kappa shape index (κ3) is 9.64. The van der Waals surface area contributed by atoms with Crippen LogP contribution in [0.2, 0.25) is 5.02 Å². The Morgan fingerprint density at radius 1 is 0.868 bits per heavy atom. The Hall–Kier alpha value is -3.69. The van der Waals surface area contributed by atoms with Gasteiger partial charge in [-0.15, -0.1) is 0 Å². The second-order valence-corrected chi connectivity index (χ2v) is 9.67. The normalized spacial score (nSPS) is 11.2. The smallest absolute Gasteiger partial charge is 0.407 e. The van der Waals surface area contributed by atoms with E-state index >= 15 is 0 Å². The van der Waals surface area contributed by atoms with E-state index in [2.05, 4.69) is 31.9 Å². The third-order valence-electron chi connectivity index (χ3n) is 5.45. The first-order valence-electron chi connectivity index (χ1n) is 11.9. The number of amides is 3. The van der Waals surface area contributed by atoms with E-state index < -0.39 is 23.9 Å². The van der Waals surface area contributed by atoms with Crippen LogP contribution in [0.3, 0.4) is 0 Å². The summed E-state index contributed by atoms with van der Waals surface area (Å²) in [6.45, 7) is 0.129. The number of rotatable bonds is 12. The molecule has 0 fully saturated rings. The van der Waals surface area contributed by atoms with Gasteiger partial charge in [-0.3, -0.25) is 14.4 Å². The summed E-state index contributed by atoms with van der Waals surface area (Å²) >= 11 is 9.19. The highest BCUT2D eigenvalue weighted by Gasteiger charge is 2.22. The molecule has 198 valence electrons. The van der Waals surface area contributed by atoms with Gasteiger partial charge in [0, 0.05) is 27.2 Å². The number of hydrogen-bond acceptors (Lipinski definition) is 5. The molecule has 3 rings (SSSR count). The van der Waals surface area contributed by atoms with Crippen molar-refractivity contribution in [1.82, 2.24) is 16.0 Å². The van der Waals surface area contributed by atoms with Crippen LogP contribution in [0.4, 0.5) is 4.79 Å². The van der Waals surface area contributed by atoms with E-state index in [1.807, 2.05) is 30.3 Å². The number of Topliss-reactive ketones (excluding diaryl/α,β-unsaturated/α-hetero) is 1. The van der Waals surface area contributed by atoms with Crippen molar-refractivity contribution < 1.29 is 23.9 Å². The van der Waals surface area contributed by atoms with Crippen molar-refractivity contribution in [3.63, 3.8) is 0 Å². The number of hydrogen-bond donors (Lipinski definition) is 3. The maximum atomic E-state index is 12.9. The molecule has 0 spiro atoms. The molecule has 10 heteroatoms. The van der Waals surface area contributed by atoms with Crippen LogP contribution < -0.4 is 16.0 Å². The van der Waals surface area contributed by atoms with E-state index in [1.165, 1.54) is 0 Å². The molecular formula is C28H27BrClN3O5. The Bertz CT molecular complexity index is 1250. The quantitative estimate of drug-likeness (QED) is 0.202. The summed E-state index contributed by atoms with van der Waals surface area (Å²) in [5.41, 5.74) is 1.64. The lowest BCUT2D eigenvalue weighted by atomic mass is 10.1. The van der Waals surface area contributed by atoms with E-state index in [-0.39, 0.29) is 31.9 Å². The van der Waals surface area contributed by atoms with E-state index in [9.17, 15) is 19.2 Å². The fraction of sp³-hybridized carbons (Fsp3) is 0.214. The Morgan fingerprint density at radius 3 is 2.32 bits per heavy atom. The van der Waals surface area contributed by atoms with E-state index in [0.717, 1.165) is 10.0 Å². The van der Waals surface area contributed by atoms with E-state index in [0.29, 0.717) is 22.6 Å². The Balaban J connectivity index is 1.53. The second kappa shape index (κ2) is 14.9. The fourth-order valence-corrected chi connectivity index (χ4v) is 3.96. The highest BCUT2D eigenvalue weighted by Crippen LogP contribution is 2.13. The minimum Gasteiger partial charge on any atom is -0.445 e. The van der Waals surface area contributed by atoms with Crippen LogP contribution in [-0.2, 0) is 16.1 Å². The minimum absolute atomic E-state index is 0.141. The molecule has 3 aromatic rings. The molecule has 0 bridgehead atoms.